The van der Waals surface area contributed by atoms with Crippen molar-refractivity contribution in [1.82, 2.24) is 28.5 Å². The Labute approximate surface area is 358 Å². The van der Waals surface area contributed by atoms with E-state index >= 15 is 0 Å². The first-order valence-corrected chi connectivity index (χ1v) is 23.7. The Morgan fingerprint density at radius 1 is 0.746 bits per heavy atom. The number of sulfonamides is 2. The van der Waals surface area contributed by atoms with E-state index in [-0.39, 0.29) is 59.0 Å². The summed E-state index contributed by atoms with van der Waals surface area (Å²) in [6, 6.07) is 13.2. The number of carbonyl (C=O) groups excluding carboxylic acids is 2. The monoisotopic (exact) mass is 912 g/mol. The van der Waals surface area contributed by atoms with E-state index in [4.69, 9.17) is 40.4 Å². The fourth-order valence-electron chi connectivity index (χ4n) is 5.67. The summed E-state index contributed by atoms with van der Waals surface area (Å²) in [4.78, 5) is 41.0. The Morgan fingerprint density at radius 2 is 1.15 bits per heavy atom. The molecule has 0 radical (unpaired) electrons. The van der Waals surface area contributed by atoms with Crippen molar-refractivity contribution in [3.63, 3.8) is 0 Å². The Hall–Kier alpha value is -4.15. The van der Waals surface area contributed by atoms with Crippen molar-refractivity contribution in [2.75, 3.05) is 61.2 Å². The lowest BCUT2D eigenvalue weighted by atomic mass is 10.1. The van der Waals surface area contributed by atoms with Gasteiger partial charge in [0.2, 0.25) is 31.2 Å². The molecule has 0 spiro atoms. The van der Waals surface area contributed by atoms with Gasteiger partial charge in [0, 0.05) is 77.6 Å². The van der Waals surface area contributed by atoms with Crippen LogP contribution in [0.5, 0.6) is 0 Å². The number of carbonyl (C=O) groups is 2. The molecular weight excluding hydrogens is 864 g/mol. The minimum atomic E-state index is -3.16. The van der Waals surface area contributed by atoms with Gasteiger partial charge in [0.05, 0.1) is 34.4 Å². The molecule has 2 saturated heterocycles. The lowest BCUT2D eigenvalue weighted by Crippen LogP contribution is -2.42. The standard InChI is InChI=1S/C17H20ClN5O3S.C13H12ClN3O2S.C6H14N2O2S.CH4/c1-27(25,26)23-8-6-13(7-9-23)21-17-20-10-14(16(19)22-17)15(24)11-2-4-12(18)5-3-11;1-2-20(19)13-16-7-10(12(15)17-13)11(18)8-3-5-9(14)6-4-8;1-11(9,10)8-4-2-6(7)3-5-8;/h2-5,10,13H,6-9H2,1H3,(H3,19,20,21,22);3-7H,2H2,1H3,(H2,15,16,17);6H,2-5,7H2,1H3;1H4. The highest BCUT2D eigenvalue weighted by Crippen LogP contribution is 2.21. The highest BCUT2D eigenvalue weighted by atomic mass is 35.5. The van der Waals surface area contributed by atoms with Crippen molar-refractivity contribution in [2.24, 2.45) is 5.73 Å². The summed E-state index contributed by atoms with van der Waals surface area (Å²) < 4.78 is 59.6. The minimum Gasteiger partial charge on any atom is -0.383 e. The molecule has 4 heterocycles. The Bertz CT molecular complexity index is 2310. The van der Waals surface area contributed by atoms with Crippen molar-refractivity contribution < 1.29 is 30.6 Å². The number of aromatic nitrogens is 4. The first kappa shape index (κ1) is 49.2. The van der Waals surface area contributed by atoms with Crippen molar-refractivity contribution >= 4 is 83.2 Å². The Morgan fingerprint density at radius 3 is 1.54 bits per heavy atom. The van der Waals surface area contributed by atoms with Crippen LogP contribution in [0.3, 0.4) is 0 Å². The average molecular weight is 914 g/mol. The summed E-state index contributed by atoms with van der Waals surface area (Å²) in [6.45, 7) is 3.81. The van der Waals surface area contributed by atoms with Crippen LogP contribution in [0.2, 0.25) is 10.0 Å². The van der Waals surface area contributed by atoms with Gasteiger partial charge in [-0.25, -0.2) is 40.4 Å². The maximum absolute atomic E-state index is 12.5. The molecule has 0 saturated carbocycles. The lowest BCUT2D eigenvalue weighted by Gasteiger charge is -2.30. The number of nitrogens with one attached hydrogen (secondary N) is 1. The summed E-state index contributed by atoms with van der Waals surface area (Å²) in [5, 5.41) is 4.37. The largest absolute Gasteiger partial charge is 0.383 e. The second kappa shape index (κ2) is 21.9. The van der Waals surface area contributed by atoms with Gasteiger partial charge in [0.25, 0.3) is 0 Å². The molecule has 6 rings (SSSR count). The number of halogens is 2. The van der Waals surface area contributed by atoms with Crippen molar-refractivity contribution in [2.45, 2.75) is 57.3 Å². The van der Waals surface area contributed by atoms with E-state index in [1.54, 1.807) is 55.5 Å². The molecule has 17 nitrogen and oxygen atoms in total. The summed E-state index contributed by atoms with van der Waals surface area (Å²) in [6.07, 6.45) is 8.00. The second-order valence-corrected chi connectivity index (χ2v) is 19.8. The molecule has 22 heteroatoms. The summed E-state index contributed by atoms with van der Waals surface area (Å²) in [5.41, 5.74) is 18.6. The predicted octanol–water partition coefficient (Wildman–Crippen LogP) is 3.86. The van der Waals surface area contributed by atoms with Gasteiger partial charge >= 0.3 is 0 Å². The number of nitrogens with zero attached hydrogens (tertiary/aromatic N) is 6. The first-order valence-electron chi connectivity index (χ1n) is 17.9. The smallest absolute Gasteiger partial charge is 0.224 e. The van der Waals surface area contributed by atoms with E-state index in [2.05, 4.69) is 25.3 Å². The first-order chi connectivity index (χ1) is 27.3. The van der Waals surface area contributed by atoms with Crippen molar-refractivity contribution in [1.29, 1.82) is 0 Å². The van der Waals surface area contributed by atoms with Gasteiger partial charge in [-0.15, -0.1) is 0 Å². The molecule has 7 N–H and O–H groups in total. The molecule has 1 atom stereocenters. The lowest BCUT2D eigenvalue weighted by molar-refractivity contribution is 0.103. The number of rotatable bonds is 10. The van der Waals surface area contributed by atoms with Crippen molar-refractivity contribution in [3.05, 3.63) is 93.2 Å². The van der Waals surface area contributed by atoms with Crippen LogP contribution >= 0.6 is 23.2 Å². The number of nitrogens with two attached hydrogens (primary N) is 3. The number of benzene rings is 2. The predicted molar refractivity (Wildman–Crippen MR) is 233 cm³/mol. The third-order valence-electron chi connectivity index (χ3n) is 9.01. The van der Waals surface area contributed by atoms with E-state index in [0.717, 1.165) is 12.8 Å². The summed E-state index contributed by atoms with van der Waals surface area (Å²) in [5.74, 6) is 0.241. The fraction of sp³-hybridized carbons (Fsp3) is 0.405. The summed E-state index contributed by atoms with van der Waals surface area (Å²) >= 11 is 11.6. The summed E-state index contributed by atoms with van der Waals surface area (Å²) in [7, 11) is -7.44. The normalized spacial score (nSPS) is 16.0. The number of hydrogen-bond donors (Lipinski definition) is 4. The molecule has 2 aromatic heterocycles. The average Bonchev–Trinajstić information content (AvgIpc) is 3.18. The van der Waals surface area contributed by atoms with Crippen LogP contribution in [0.15, 0.2) is 66.1 Å². The zero-order valence-corrected chi connectivity index (χ0v) is 36.0. The van der Waals surface area contributed by atoms with E-state index < -0.39 is 30.8 Å². The van der Waals surface area contributed by atoms with Crippen LogP contribution < -0.4 is 22.5 Å². The van der Waals surface area contributed by atoms with E-state index in [1.165, 1.54) is 33.5 Å². The maximum Gasteiger partial charge on any atom is 0.224 e. The van der Waals surface area contributed by atoms with Crippen LogP contribution in [0.1, 0.15) is 71.9 Å². The molecule has 0 amide bonds. The van der Waals surface area contributed by atoms with E-state index in [0.29, 0.717) is 71.9 Å². The maximum atomic E-state index is 12.5. The fourth-order valence-corrected chi connectivity index (χ4v) is 8.30. The number of hydrogen-bond acceptors (Lipinski definition) is 15. The molecule has 2 fully saturated rings. The van der Waals surface area contributed by atoms with Gasteiger partial charge in [-0.2, -0.15) is 4.98 Å². The quantitative estimate of drug-likeness (QED) is 0.130. The zero-order valence-electron chi connectivity index (χ0n) is 32.0. The number of ketones is 2. The number of piperidine rings is 2. The molecule has 2 aliphatic heterocycles. The van der Waals surface area contributed by atoms with E-state index in [9.17, 15) is 30.6 Å². The van der Waals surface area contributed by atoms with Crippen LogP contribution in [0.4, 0.5) is 17.6 Å². The third-order valence-corrected chi connectivity index (χ3v) is 13.2. The molecule has 0 aliphatic carbocycles. The third kappa shape index (κ3) is 14.5. The zero-order chi connectivity index (χ0) is 42.8. The Kier molecular flexibility index (Phi) is 18.3. The van der Waals surface area contributed by atoms with Gasteiger partial charge in [-0.05, 0) is 74.2 Å². The molecule has 59 heavy (non-hydrogen) atoms. The Balaban J connectivity index is 0.000000255. The van der Waals surface area contributed by atoms with Crippen LogP contribution in [-0.2, 0) is 30.8 Å². The molecule has 1 unspecified atom stereocenters. The molecule has 4 aromatic rings. The number of anilines is 3. The molecule has 0 bridgehead atoms. The van der Waals surface area contributed by atoms with Crippen LogP contribution in [0.25, 0.3) is 0 Å². The molecule has 2 aromatic carbocycles. The SMILES string of the molecule is C.CCS(=O)c1ncc(C(=O)c2ccc(Cl)cc2)c(N)n1.CS(=O)(=O)N1CCC(N)CC1.CS(=O)(=O)N1CCC(Nc2ncc(C(=O)c3ccc(Cl)cc3)c(N)n2)CC1. The van der Waals surface area contributed by atoms with Gasteiger partial charge in [0.15, 0.2) is 11.6 Å². The number of nitrogen functional groups attached to an aromatic ring is 2. The molecule has 322 valence electrons. The van der Waals surface area contributed by atoms with Gasteiger partial charge < -0.3 is 22.5 Å². The van der Waals surface area contributed by atoms with Gasteiger partial charge in [-0.1, -0.05) is 37.6 Å². The van der Waals surface area contributed by atoms with Gasteiger partial charge in [-0.3, -0.25) is 13.8 Å². The molecule has 2 aliphatic rings. The topological polar surface area (TPSA) is 268 Å². The van der Waals surface area contributed by atoms with Crippen LogP contribution in [-0.4, -0.2) is 118 Å². The van der Waals surface area contributed by atoms with Crippen LogP contribution in [0, 0.1) is 0 Å². The second-order valence-electron chi connectivity index (χ2n) is 13.3. The molecular formula is C37H50Cl2N10O7S3. The van der Waals surface area contributed by atoms with E-state index in [1.807, 2.05) is 0 Å². The van der Waals surface area contributed by atoms with Gasteiger partial charge in [0.1, 0.15) is 11.6 Å². The van der Waals surface area contributed by atoms with Crippen molar-refractivity contribution in [3.8, 4) is 0 Å². The minimum absolute atomic E-state index is 0. The highest BCUT2D eigenvalue weighted by Gasteiger charge is 2.26. The highest BCUT2D eigenvalue weighted by molar-refractivity contribution is 7.88.